The Labute approximate surface area is 340 Å². The fourth-order valence-electron chi connectivity index (χ4n) is 10.3. The van der Waals surface area contributed by atoms with E-state index >= 15 is 0 Å². The molecule has 2 heterocycles. The van der Waals surface area contributed by atoms with Crippen molar-refractivity contribution in [3.63, 3.8) is 0 Å². The van der Waals surface area contributed by atoms with E-state index in [1.54, 1.807) is 0 Å². The molecule has 2 aromatic heterocycles. The minimum atomic E-state index is -0.566. The van der Waals surface area contributed by atoms with E-state index in [0.717, 1.165) is 49.4 Å². The second-order valence-corrected chi connectivity index (χ2v) is 16.0. The zero-order valence-corrected chi connectivity index (χ0v) is 31.9. The topological polar surface area (TPSA) is 26.3 Å². The van der Waals surface area contributed by atoms with Gasteiger partial charge in [-0.1, -0.05) is 152 Å². The van der Waals surface area contributed by atoms with Gasteiger partial charge in [0.15, 0.2) is 0 Å². The molecule has 0 radical (unpaired) electrons. The van der Waals surface area contributed by atoms with Gasteiger partial charge in [0, 0.05) is 21.5 Å². The van der Waals surface area contributed by atoms with Crippen LogP contribution in [0.1, 0.15) is 22.3 Å². The highest BCUT2D eigenvalue weighted by Crippen LogP contribution is 2.58. The van der Waals surface area contributed by atoms with E-state index < -0.39 is 5.41 Å². The summed E-state index contributed by atoms with van der Waals surface area (Å²) in [6, 6.07) is 75.3. The minimum Gasteiger partial charge on any atom is -0.456 e. The van der Waals surface area contributed by atoms with E-state index in [-0.39, 0.29) is 0 Å². The van der Waals surface area contributed by atoms with Crippen LogP contribution in [0.25, 0.3) is 98.8 Å². The third kappa shape index (κ3) is 4.57. The molecule has 2 heteroatoms. The van der Waals surface area contributed by atoms with Gasteiger partial charge in [-0.05, 0) is 132 Å². The van der Waals surface area contributed by atoms with Crippen molar-refractivity contribution in [2.75, 3.05) is 0 Å². The monoisotopic (exact) mass is 750 g/mol. The molecule has 274 valence electrons. The summed E-state index contributed by atoms with van der Waals surface area (Å²) in [5.74, 6) is 0. The van der Waals surface area contributed by atoms with Crippen molar-refractivity contribution < 1.29 is 8.83 Å². The fourth-order valence-corrected chi connectivity index (χ4v) is 10.3. The van der Waals surface area contributed by atoms with Crippen LogP contribution in [0.5, 0.6) is 0 Å². The summed E-state index contributed by atoms with van der Waals surface area (Å²) in [4.78, 5) is 0. The molecule has 0 N–H and O–H groups in total. The van der Waals surface area contributed by atoms with Crippen LogP contribution >= 0.6 is 0 Å². The Morgan fingerprint density at radius 3 is 1.71 bits per heavy atom. The van der Waals surface area contributed by atoms with E-state index in [2.05, 4.69) is 194 Å². The lowest BCUT2D eigenvalue weighted by molar-refractivity contribution is 0.669. The standard InChI is InChI=1S/C57H34O2/c1-3-16-40(17-4-1)57(41-18-5-2-6-19-41)50-31-38(43-22-12-24-53-56(43)49-29-35-13-7-8-14-36(35)32-55(49)59-53)25-27-44(50)48-34-47-37(30-51(48)57)15-11-21-42(47)39-26-28-46-45-20-9-10-23-52(45)58-54(46)33-39/h1-34H. The first kappa shape index (κ1) is 32.4. The van der Waals surface area contributed by atoms with Gasteiger partial charge in [0.25, 0.3) is 0 Å². The predicted octanol–water partition coefficient (Wildman–Crippen LogP) is 15.5. The molecule has 1 aliphatic rings. The lowest BCUT2D eigenvalue weighted by atomic mass is 9.67. The maximum Gasteiger partial charge on any atom is 0.136 e. The van der Waals surface area contributed by atoms with Gasteiger partial charge in [-0.25, -0.2) is 0 Å². The van der Waals surface area contributed by atoms with Gasteiger partial charge in [0.1, 0.15) is 22.3 Å². The maximum atomic E-state index is 6.57. The molecule has 0 bridgehead atoms. The molecule has 0 atom stereocenters. The number of benzene rings is 10. The Hall–Kier alpha value is -7.68. The summed E-state index contributed by atoms with van der Waals surface area (Å²) in [6.45, 7) is 0. The quantitative estimate of drug-likeness (QED) is 0.179. The van der Waals surface area contributed by atoms with Crippen molar-refractivity contribution >= 4 is 65.4 Å². The first-order valence-electron chi connectivity index (χ1n) is 20.3. The van der Waals surface area contributed by atoms with Gasteiger partial charge in [-0.15, -0.1) is 0 Å². The highest BCUT2D eigenvalue weighted by Gasteiger charge is 2.46. The van der Waals surface area contributed by atoms with Gasteiger partial charge >= 0.3 is 0 Å². The third-order valence-electron chi connectivity index (χ3n) is 12.9. The van der Waals surface area contributed by atoms with Crippen molar-refractivity contribution in [3.8, 4) is 33.4 Å². The van der Waals surface area contributed by atoms with Crippen molar-refractivity contribution in [2.24, 2.45) is 0 Å². The van der Waals surface area contributed by atoms with Crippen LogP contribution in [0.2, 0.25) is 0 Å². The Kier molecular flexibility index (Phi) is 6.68. The number of furan rings is 2. The van der Waals surface area contributed by atoms with Crippen LogP contribution in [-0.4, -0.2) is 0 Å². The smallest absolute Gasteiger partial charge is 0.136 e. The number of hydrogen-bond acceptors (Lipinski definition) is 2. The SMILES string of the molecule is c1ccc(C2(c3ccccc3)c3cc(-c4cccc5oc6cc7ccccc7cc6c45)ccc3-c3cc4c(-c5ccc6c(c5)oc5ccccc56)cccc4cc32)cc1. The predicted molar refractivity (Wildman–Crippen MR) is 244 cm³/mol. The minimum absolute atomic E-state index is 0.566. The zero-order chi connectivity index (χ0) is 38.7. The Morgan fingerprint density at radius 2 is 0.881 bits per heavy atom. The molecule has 1 aliphatic carbocycles. The number of rotatable bonds is 4. The van der Waals surface area contributed by atoms with E-state index in [0.29, 0.717) is 0 Å². The molecule has 0 aliphatic heterocycles. The van der Waals surface area contributed by atoms with Crippen LogP contribution < -0.4 is 0 Å². The molecular weight excluding hydrogens is 717 g/mol. The fraction of sp³-hybridized carbons (Fsp3) is 0.0175. The van der Waals surface area contributed by atoms with Crippen LogP contribution in [0.15, 0.2) is 215 Å². The molecular formula is C57H34O2. The van der Waals surface area contributed by atoms with Gasteiger partial charge in [0.05, 0.1) is 5.41 Å². The molecule has 10 aromatic carbocycles. The molecule has 13 rings (SSSR count). The molecule has 0 unspecified atom stereocenters. The summed E-state index contributed by atoms with van der Waals surface area (Å²) in [6.07, 6.45) is 0. The van der Waals surface area contributed by atoms with Gasteiger partial charge in [-0.2, -0.15) is 0 Å². The molecule has 0 spiro atoms. The van der Waals surface area contributed by atoms with Gasteiger partial charge in [0.2, 0.25) is 0 Å². The van der Waals surface area contributed by atoms with Crippen molar-refractivity contribution in [1.29, 1.82) is 0 Å². The van der Waals surface area contributed by atoms with Crippen LogP contribution in [0.4, 0.5) is 0 Å². The average molecular weight is 751 g/mol. The summed E-state index contributed by atoms with van der Waals surface area (Å²) < 4.78 is 12.9. The van der Waals surface area contributed by atoms with E-state index in [4.69, 9.17) is 8.83 Å². The lowest BCUT2D eigenvalue weighted by Crippen LogP contribution is -2.28. The van der Waals surface area contributed by atoms with Gasteiger partial charge in [-0.3, -0.25) is 0 Å². The molecule has 12 aromatic rings. The third-order valence-corrected chi connectivity index (χ3v) is 12.9. The van der Waals surface area contributed by atoms with Crippen LogP contribution in [0, 0.1) is 0 Å². The number of para-hydroxylation sites is 1. The maximum absolute atomic E-state index is 6.57. The lowest BCUT2D eigenvalue weighted by Gasteiger charge is -2.34. The van der Waals surface area contributed by atoms with E-state index in [1.807, 2.05) is 12.1 Å². The van der Waals surface area contributed by atoms with Crippen molar-refractivity contribution in [1.82, 2.24) is 0 Å². The summed E-state index contributed by atoms with van der Waals surface area (Å²) >= 11 is 0. The highest BCUT2D eigenvalue weighted by atomic mass is 16.3. The van der Waals surface area contributed by atoms with Gasteiger partial charge < -0.3 is 8.83 Å². The van der Waals surface area contributed by atoms with Crippen molar-refractivity contribution in [3.05, 3.63) is 229 Å². The molecule has 0 saturated heterocycles. The molecule has 2 nitrogen and oxygen atoms in total. The molecule has 0 fully saturated rings. The Morgan fingerprint density at radius 1 is 0.288 bits per heavy atom. The summed E-state index contributed by atoms with van der Waals surface area (Å²) in [5, 5.41) is 9.37. The van der Waals surface area contributed by atoms with E-state index in [1.165, 1.54) is 71.6 Å². The molecule has 0 amide bonds. The summed E-state index contributed by atoms with van der Waals surface area (Å²) in [5.41, 5.74) is 15.3. The van der Waals surface area contributed by atoms with Crippen LogP contribution in [-0.2, 0) is 5.41 Å². The highest BCUT2D eigenvalue weighted by molar-refractivity contribution is 6.16. The average Bonchev–Trinajstić information content (AvgIpc) is 3.95. The first-order chi connectivity index (χ1) is 29.2. The molecule has 0 saturated carbocycles. The van der Waals surface area contributed by atoms with Crippen molar-refractivity contribution in [2.45, 2.75) is 5.41 Å². The summed E-state index contributed by atoms with van der Waals surface area (Å²) in [7, 11) is 0. The molecule has 59 heavy (non-hydrogen) atoms. The largest absolute Gasteiger partial charge is 0.456 e. The Balaban J connectivity index is 1.08. The first-order valence-corrected chi connectivity index (χ1v) is 20.3. The normalized spacial score (nSPS) is 13.2. The second kappa shape index (κ2) is 12.2. The number of fused-ring (bicyclic) bond motifs is 11. The number of hydrogen-bond donors (Lipinski definition) is 0. The van der Waals surface area contributed by atoms with E-state index in [9.17, 15) is 0 Å². The Bertz CT molecular complexity index is 3620. The zero-order valence-electron chi connectivity index (χ0n) is 31.9. The van der Waals surface area contributed by atoms with Crippen LogP contribution in [0.3, 0.4) is 0 Å². The second-order valence-electron chi connectivity index (χ2n) is 16.0.